The Hall–Kier alpha value is -14.5. The maximum atomic E-state index is 11.7. The summed E-state index contributed by atoms with van der Waals surface area (Å²) < 4.78 is 0. The van der Waals surface area contributed by atoms with Gasteiger partial charge in [0.25, 0.3) is 0 Å². The van der Waals surface area contributed by atoms with Crippen molar-refractivity contribution in [2.24, 2.45) is 11.5 Å². The van der Waals surface area contributed by atoms with E-state index in [0.29, 0.717) is 139 Å². The molecule has 6 aliphatic heterocycles. The molecule has 2 amide bonds. The molecule has 33 nitrogen and oxygen atoms in total. The standard InChI is InChI=1S/3C34H38N4O5.2C4H10N2O.Ga/c3*1-7-20-19(6)32-34(43)33-21(8-2)16(3)26(37-33)13-24-17(4)22(9-11-30(39)40)28(35-24)15-29-23(10-12-31(41)42)18(5)25(36-29)14-27(20)38-32;2*1-6(2)3-4(5)7;/h3*13-15,36-37,43H,7-12H2,1-6H3,(H,39,40)(H,41,42);2*3H2,1-2H3,(H2,5,7);/q;;;;;+3/p-3. The quantitative estimate of drug-likeness (QED) is 0.0203. The molecule has 16 N–H and O–H groups in total. The third kappa shape index (κ3) is 24.7. The first-order valence-electron chi connectivity index (χ1n) is 48.3. The van der Waals surface area contributed by atoms with Gasteiger partial charge in [-0.2, -0.15) is 0 Å². The Labute approximate surface area is 849 Å². The molecule has 756 valence electrons. The number of aromatic hydroxyl groups is 3. The number of carboxylic acids is 6. The zero-order valence-electron chi connectivity index (χ0n) is 86.3. The van der Waals surface area contributed by atoms with E-state index in [4.69, 9.17) is 41.4 Å². The molecule has 0 spiro atoms. The number of aliphatic carboxylic acids is 6. The van der Waals surface area contributed by atoms with E-state index in [9.17, 15) is 84.3 Å². The summed E-state index contributed by atoms with van der Waals surface area (Å²) in [7, 11) is 7.19. The summed E-state index contributed by atoms with van der Waals surface area (Å²) in [5, 5.41) is 97.7. The van der Waals surface area contributed by atoms with E-state index in [1.54, 1.807) is 38.0 Å². The number of amides is 2. The van der Waals surface area contributed by atoms with Crippen LogP contribution in [0.5, 0.6) is 17.2 Å². The maximum Gasteiger partial charge on any atom is 3.00 e. The number of nitrogens with two attached hydrogens (primary N) is 2. The molecule has 0 fully saturated rings. The molecule has 15 rings (SSSR count). The molecule has 0 aliphatic carbocycles. The van der Waals surface area contributed by atoms with Gasteiger partial charge in [0, 0.05) is 86.8 Å². The van der Waals surface area contributed by atoms with Crippen LogP contribution in [-0.4, -0.2) is 209 Å². The number of aromatic nitrogens is 12. The number of carboxylic acid groups (broad SMARTS) is 6. The number of primary amides is 2. The summed E-state index contributed by atoms with van der Waals surface area (Å²) in [4.78, 5) is 143. The van der Waals surface area contributed by atoms with Crippen molar-refractivity contribution in [1.29, 1.82) is 0 Å². The number of carbonyl (C=O) groups excluding carboxylic acids is 5. The smallest absolute Gasteiger partial charge is 0.550 e. The summed E-state index contributed by atoms with van der Waals surface area (Å²) in [5.74, 6) is -6.43. The number of aryl methyl sites for hydroxylation is 12. The Balaban J connectivity index is 0.000000206. The minimum absolute atomic E-state index is 0. The molecule has 0 saturated heterocycles. The van der Waals surface area contributed by atoms with Crippen LogP contribution >= 0.6 is 0 Å². The van der Waals surface area contributed by atoms with Crippen LogP contribution in [0.25, 0.3) is 133 Å². The molecular formula is C110H131GaN16O17. The number of likely N-dealkylation sites (N-methyl/N-ethyl adjacent to an activating group) is 2. The molecule has 6 aliphatic rings. The van der Waals surface area contributed by atoms with Gasteiger partial charge in [-0.15, -0.1) is 0 Å². The largest absolute Gasteiger partial charge is 3.00 e. The summed E-state index contributed by atoms with van der Waals surface area (Å²) in [6, 6.07) is 17.3. The van der Waals surface area contributed by atoms with Crippen LogP contribution in [0.2, 0.25) is 0 Å². The molecule has 15 heterocycles. The normalized spacial score (nSPS) is 12.8. The van der Waals surface area contributed by atoms with Gasteiger partial charge in [0.1, 0.15) is 17.1 Å². The van der Waals surface area contributed by atoms with E-state index in [-0.39, 0.29) is 107 Å². The molecular weight excluding hydrogens is 1890 g/mol. The number of hydrogen-bond donors (Lipinski definition) is 14. The maximum absolute atomic E-state index is 11.7. The number of allylic oxidation sites excluding steroid dienone is 12. The first-order valence-corrected chi connectivity index (χ1v) is 48.3. The molecule has 0 aromatic carbocycles. The Morgan fingerprint density at radius 2 is 0.493 bits per heavy atom. The van der Waals surface area contributed by atoms with Crippen LogP contribution in [0.15, 0.2) is 54.6 Å². The van der Waals surface area contributed by atoms with Gasteiger partial charge in [0.15, 0.2) is 17.2 Å². The van der Waals surface area contributed by atoms with Gasteiger partial charge in [-0.3, -0.25) is 24.0 Å². The average Bonchev–Trinajstić information content (AvgIpc) is 1.61. The molecule has 9 aromatic heterocycles. The summed E-state index contributed by atoms with van der Waals surface area (Å²) >= 11 is 0. The van der Waals surface area contributed by atoms with Crippen LogP contribution in [0.4, 0.5) is 0 Å². The van der Waals surface area contributed by atoms with Crippen molar-refractivity contribution in [1.82, 2.24) is 69.6 Å². The topological polar surface area (TPSA) is 558 Å². The van der Waals surface area contributed by atoms with Crippen molar-refractivity contribution >= 4 is 200 Å². The Kier molecular flexibility index (Phi) is 36.9. The Bertz CT molecular complexity index is 6780. The number of rotatable bonds is 28. The first kappa shape index (κ1) is 111. The summed E-state index contributed by atoms with van der Waals surface area (Å²) in [6.07, 6.45) is 5.30. The van der Waals surface area contributed by atoms with Crippen molar-refractivity contribution < 1.29 is 84.3 Å². The van der Waals surface area contributed by atoms with E-state index in [1.165, 1.54) is 0 Å². The van der Waals surface area contributed by atoms with Crippen molar-refractivity contribution in [2.45, 2.75) is 240 Å². The van der Waals surface area contributed by atoms with E-state index in [2.05, 4.69) is 50.7 Å². The van der Waals surface area contributed by atoms with Crippen molar-refractivity contribution in [3.05, 3.63) is 190 Å². The Morgan fingerprint density at radius 1 is 0.285 bits per heavy atom. The van der Waals surface area contributed by atoms with Crippen molar-refractivity contribution in [2.75, 3.05) is 41.3 Å². The minimum Gasteiger partial charge on any atom is -0.550 e. The van der Waals surface area contributed by atoms with Gasteiger partial charge in [-0.1, -0.05) is 41.5 Å². The number of carbonyl (C=O) groups is 8. The molecule has 0 radical (unpaired) electrons. The second kappa shape index (κ2) is 47.6. The Morgan fingerprint density at radius 3 is 0.688 bits per heavy atom. The third-order valence-corrected chi connectivity index (χ3v) is 27.3. The number of aromatic amines is 6. The van der Waals surface area contributed by atoms with Crippen LogP contribution in [0.1, 0.15) is 295 Å². The second-order valence-electron chi connectivity index (χ2n) is 37.2. The second-order valence-corrected chi connectivity index (χ2v) is 37.2. The predicted molar refractivity (Wildman–Crippen MR) is 562 cm³/mol. The summed E-state index contributed by atoms with van der Waals surface area (Å²) in [5.41, 5.74) is 48.0. The van der Waals surface area contributed by atoms with Gasteiger partial charge in [-0.25, -0.2) is 29.9 Å². The van der Waals surface area contributed by atoms with Crippen LogP contribution in [0.3, 0.4) is 0 Å². The molecule has 0 saturated carbocycles. The zero-order valence-corrected chi connectivity index (χ0v) is 88.7. The van der Waals surface area contributed by atoms with E-state index in [1.807, 2.05) is 158 Å². The number of H-pyrrole nitrogens is 6. The van der Waals surface area contributed by atoms with Gasteiger partial charge in [-0.05, 0) is 396 Å². The van der Waals surface area contributed by atoms with Crippen molar-refractivity contribution in [3.63, 3.8) is 0 Å². The number of fused-ring (bicyclic) bond motifs is 24. The monoisotopic (exact) mass is 2020 g/mol. The molecule has 0 unspecified atom stereocenters. The number of nitrogens with zero attached hydrogens (tertiary/aromatic N) is 8. The summed E-state index contributed by atoms with van der Waals surface area (Å²) in [6.45, 7) is 36.6. The van der Waals surface area contributed by atoms with Gasteiger partial charge in [0.05, 0.1) is 80.9 Å². The van der Waals surface area contributed by atoms with E-state index in [0.717, 1.165) is 200 Å². The average molecular weight is 2020 g/mol. The fraction of sp³-hybridized carbons (Fsp3) is 0.382. The van der Waals surface area contributed by atoms with Crippen LogP contribution < -0.4 is 26.8 Å². The fourth-order valence-electron chi connectivity index (χ4n) is 19.5. The van der Waals surface area contributed by atoms with Crippen LogP contribution in [-0.2, 0) is 76.9 Å². The van der Waals surface area contributed by atoms with Crippen molar-refractivity contribution in [3.8, 4) is 17.2 Å². The molecule has 24 bridgehead atoms. The zero-order chi connectivity index (χ0) is 105. The minimum atomic E-state index is -1.14. The fourth-order valence-corrected chi connectivity index (χ4v) is 19.5. The van der Waals surface area contributed by atoms with E-state index < -0.39 is 35.8 Å². The number of nitrogens with one attached hydrogen (secondary N) is 6. The van der Waals surface area contributed by atoms with Gasteiger partial charge in [0.2, 0.25) is 11.8 Å². The van der Waals surface area contributed by atoms with E-state index >= 15 is 0 Å². The molecule has 144 heavy (non-hydrogen) atoms. The SMILES string of the molecule is CCC1=C(C)c2nc1cc1[nH]c(cc3nc(cc4[nH]c(c2O)c(CC)c4C)C(C)=C3CCC(=O)[O-])c(CCC(=O)O)c1C.CCC1=C(C)c2nc1cc1[nH]c(cc3nc(cc4[nH]c(c2O)c(CC)c4C)C(C)=C3CCC(=O)[O-])c(CCC(=O)O)c1C.CCC1=C(C)c2nc1cc1[nH]c(cc3nc(cc4[nH]c(c2O)c(CC)c4C)C(C)=C3CCC(=O)[O-])c(CCC(=O)O)c1C.CN(C)CC(N)=O.CN(C)CC(N)=O.[Ga+3]. The van der Waals surface area contributed by atoms with Gasteiger partial charge >= 0.3 is 37.7 Å². The number of hydrogen-bond acceptors (Lipinski definition) is 22. The van der Waals surface area contributed by atoms with Crippen LogP contribution in [0, 0.1) is 41.5 Å². The third-order valence-electron chi connectivity index (χ3n) is 27.3. The molecule has 0 atom stereocenters. The predicted octanol–water partition coefficient (Wildman–Crippen LogP) is 15.7. The molecule has 9 aromatic rings. The first-order chi connectivity index (χ1) is 67.6. The van der Waals surface area contributed by atoms with Gasteiger partial charge < -0.3 is 112 Å². The molecule has 34 heteroatoms.